The van der Waals surface area contributed by atoms with Gasteiger partial charge in [0.05, 0.1) is 19.8 Å². The van der Waals surface area contributed by atoms with Crippen molar-refractivity contribution in [3.8, 4) is 5.75 Å². The molecule has 1 aromatic rings. The van der Waals surface area contributed by atoms with Crippen LogP contribution in [0.25, 0.3) is 0 Å². The van der Waals surface area contributed by atoms with Gasteiger partial charge in [-0.2, -0.15) is 0 Å². The Morgan fingerprint density at radius 2 is 2.29 bits per heavy atom. The molecule has 4 heteroatoms. The molecule has 1 N–H and O–H groups in total. The molecule has 3 rings (SSSR count). The first-order valence-corrected chi connectivity index (χ1v) is 5.91. The van der Waals surface area contributed by atoms with Crippen molar-refractivity contribution in [3.63, 3.8) is 0 Å². The lowest BCUT2D eigenvalue weighted by molar-refractivity contribution is -0.0129. The number of halogens is 1. The number of hydrogen-bond donors (Lipinski definition) is 1. The van der Waals surface area contributed by atoms with Gasteiger partial charge in [-0.25, -0.2) is 0 Å². The van der Waals surface area contributed by atoms with E-state index in [0.717, 1.165) is 31.7 Å². The lowest BCUT2D eigenvalue weighted by Crippen LogP contribution is -2.45. The predicted molar refractivity (Wildman–Crippen MR) is 69.0 cm³/mol. The smallest absolute Gasteiger partial charge is 0.122 e. The fourth-order valence-corrected chi connectivity index (χ4v) is 2.82. The average molecular weight is 256 g/mol. The number of fused-ring (bicyclic) bond motifs is 3. The number of rotatable bonds is 1. The normalized spacial score (nSPS) is 26.4. The van der Waals surface area contributed by atoms with E-state index in [9.17, 15) is 0 Å². The first kappa shape index (κ1) is 12.7. The molecule has 0 spiro atoms. The van der Waals surface area contributed by atoms with E-state index in [1.165, 1.54) is 11.1 Å². The number of benzene rings is 1. The van der Waals surface area contributed by atoms with Crippen molar-refractivity contribution in [2.45, 2.75) is 25.0 Å². The molecule has 0 aromatic heterocycles. The topological polar surface area (TPSA) is 30.5 Å². The fourth-order valence-electron chi connectivity index (χ4n) is 2.82. The van der Waals surface area contributed by atoms with Gasteiger partial charge in [-0.1, -0.05) is 12.1 Å². The first-order chi connectivity index (χ1) is 7.90. The zero-order valence-electron chi connectivity index (χ0n) is 9.94. The Morgan fingerprint density at radius 3 is 3.12 bits per heavy atom. The van der Waals surface area contributed by atoms with Crippen LogP contribution < -0.4 is 10.1 Å². The van der Waals surface area contributed by atoms with Crippen molar-refractivity contribution >= 4 is 12.4 Å². The third-order valence-corrected chi connectivity index (χ3v) is 3.57. The fraction of sp³-hybridized carbons (Fsp3) is 0.538. The van der Waals surface area contributed by atoms with E-state index in [-0.39, 0.29) is 18.5 Å². The largest absolute Gasteiger partial charge is 0.496 e. The molecule has 94 valence electrons. The molecule has 1 saturated heterocycles. The van der Waals surface area contributed by atoms with Crippen molar-refractivity contribution in [3.05, 3.63) is 29.3 Å². The zero-order valence-corrected chi connectivity index (χ0v) is 10.8. The second-order valence-corrected chi connectivity index (χ2v) is 4.42. The van der Waals surface area contributed by atoms with Gasteiger partial charge in [-0.3, -0.25) is 0 Å². The van der Waals surface area contributed by atoms with E-state index in [1.807, 2.05) is 6.07 Å². The molecule has 1 aliphatic heterocycles. The predicted octanol–water partition coefficient (Wildman–Crippen LogP) is 2.09. The van der Waals surface area contributed by atoms with Gasteiger partial charge >= 0.3 is 0 Å². The minimum absolute atomic E-state index is 0. The van der Waals surface area contributed by atoms with Crippen molar-refractivity contribution in [1.29, 1.82) is 0 Å². The molecule has 2 atom stereocenters. The Labute approximate surface area is 108 Å². The number of methoxy groups -OCH3 is 1. The third kappa shape index (κ3) is 2.15. The summed E-state index contributed by atoms with van der Waals surface area (Å²) in [5, 5.41) is 3.53. The molecule has 1 heterocycles. The second kappa shape index (κ2) is 5.25. The van der Waals surface area contributed by atoms with E-state index >= 15 is 0 Å². The molecule has 0 saturated carbocycles. The molecule has 0 amide bonds. The quantitative estimate of drug-likeness (QED) is 0.834. The highest BCUT2D eigenvalue weighted by Crippen LogP contribution is 2.38. The minimum atomic E-state index is 0. The van der Waals surface area contributed by atoms with Crippen molar-refractivity contribution in [2.24, 2.45) is 0 Å². The van der Waals surface area contributed by atoms with Gasteiger partial charge in [0.15, 0.2) is 0 Å². The van der Waals surface area contributed by atoms with Gasteiger partial charge in [-0.05, 0) is 24.5 Å². The highest BCUT2D eigenvalue weighted by molar-refractivity contribution is 5.85. The van der Waals surface area contributed by atoms with Gasteiger partial charge in [-0.15, -0.1) is 12.4 Å². The van der Waals surface area contributed by atoms with E-state index < -0.39 is 0 Å². The summed E-state index contributed by atoms with van der Waals surface area (Å²) in [5.74, 6) is 1.00. The van der Waals surface area contributed by atoms with E-state index in [1.54, 1.807) is 7.11 Å². The van der Waals surface area contributed by atoms with Crippen LogP contribution in [0.1, 0.15) is 23.7 Å². The van der Waals surface area contributed by atoms with Crippen LogP contribution in [0.15, 0.2) is 18.2 Å². The number of morpholine rings is 1. The van der Waals surface area contributed by atoms with Crippen LogP contribution in [0.2, 0.25) is 0 Å². The molecular formula is C13H18ClNO2. The second-order valence-electron chi connectivity index (χ2n) is 4.42. The van der Waals surface area contributed by atoms with Crippen LogP contribution in [-0.2, 0) is 11.2 Å². The summed E-state index contributed by atoms with van der Waals surface area (Å²) in [6, 6.07) is 6.74. The van der Waals surface area contributed by atoms with E-state index in [0.29, 0.717) is 6.04 Å². The van der Waals surface area contributed by atoms with Gasteiger partial charge in [0, 0.05) is 18.2 Å². The molecule has 0 unspecified atom stereocenters. The molecule has 17 heavy (non-hydrogen) atoms. The summed E-state index contributed by atoms with van der Waals surface area (Å²) in [4.78, 5) is 0. The molecular weight excluding hydrogens is 238 g/mol. The maximum atomic E-state index is 5.89. The summed E-state index contributed by atoms with van der Waals surface area (Å²) in [6.45, 7) is 1.78. The van der Waals surface area contributed by atoms with Crippen molar-refractivity contribution in [1.82, 2.24) is 5.32 Å². The molecule has 1 fully saturated rings. The first-order valence-electron chi connectivity index (χ1n) is 5.91. The Bertz CT molecular complexity index is 397. The molecule has 1 aromatic carbocycles. The van der Waals surface area contributed by atoms with Crippen LogP contribution in [0, 0.1) is 0 Å². The summed E-state index contributed by atoms with van der Waals surface area (Å²) in [7, 11) is 1.74. The van der Waals surface area contributed by atoms with Gasteiger partial charge in [0.25, 0.3) is 0 Å². The Morgan fingerprint density at radius 1 is 1.41 bits per heavy atom. The monoisotopic (exact) mass is 255 g/mol. The van der Waals surface area contributed by atoms with Crippen LogP contribution in [0.4, 0.5) is 0 Å². The van der Waals surface area contributed by atoms with Crippen molar-refractivity contribution in [2.75, 3.05) is 20.3 Å². The Balaban J connectivity index is 0.00000108. The van der Waals surface area contributed by atoms with Gasteiger partial charge in [0.1, 0.15) is 5.75 Å². The summed E-state index contributed by atoms with van der Waals surface area (Å²) >= 11 is 0. The number of nitrogens with one attached hydrogen (secondary N) is 1. The maximum absolute atomic E-state index is 5.89. The molecule has 0 radical (unpaired) electrons. The molecule has 1 aliphatic carbocycles. The third-order valence-electron chi connectivity index (χ3n) is 3.57. The highest BCUT2D eigenvalue weighted by Gasteiger charge is 2.33. The van der Waals surface area contributed by atoms with Crippen LogP contribution in [0.3, 0.4) is 0 Å². The lowest BCUT2D eigenvalue weighted by atomic mass is 9.84. The van der Waals surface area contributed by atoms with Crippen LogP contribution >= 0.6 is 12.4 Å². The SMILES string of the molecule is COc1cccc2c1CC[C@H]1NCCO[C@H]21.Cl. The van der Waals surface area contributed by atoms with Crippen LogP contribution in [0.5, 0.6) is 5.75 Å². The number of ether oxygens (including phenoxy) is 2. The van der Waals surface area contributed by atoms with E-state index in [4.69, 9.17) is 9.47 Å². The molecule has 0 bridgehead atoms. The van der Waals surface area contributed by atoms with Crippen molar-refractivity contribution < 1.29 is 9.47 Å². The van der Waals surface area contributed by atoms with Gasteiger partial charge in [0.2, 0.25) is 0 Å². The summed E-state index contributed by atoms with van der Waals surface area (Å²) in [6.07, 6.45) is 2.43. The average Bonchev–Trinajstić information content (AvgIpc) is 2.37. The lowest BCUT2D eigenvalue weighted by Gasteiger charge is -2.38. The molecule has 2 aliphatic rings. The number of hydrogen-bond acceptors (Lipinski definition) is 3. The van der Waals surface area contributed by atoms with Gasteiger partial charge < -0.3 is 14.8 Å². The maximum Gasteiger partial charge on any atom is 0.122 e. The Hall–Kier alpha value is -0.770. The Kier molecular flexibility index (Phi) is 3.92. The highest BCUT2D eigenvalue weighted by atomic mass is 35.5. The minimum Gasteiger partial charge on any atom is -0.496 e. The summed E-state index contributed by atoms with van der Waals surface area (Å²) in [5.41, 5.74) is 2.64. The van der Waals surface area contributed by atoms with E-state index in [2.05, 4.69) is 17.4 Å². The standard InChI is InChI=1S/C13H17NO2.ClH/c1-15-12-4-2-3-10-9(12)5-6-11-13(10)16-8-7-14-11;/h2-4,11,13-14H,5-8H2,1H3;1H/t11-,13-;/m1./s1. The summed E-state index contributed by atoms with van der Waals surface area (Å²) < 4.78 is 11.3. The zero-order chi connectivity index (χ0) is 11.0. The van der Waals surface area contributed by atoms with Crippen LogP contribution in [-0.4, -0.2) is 26.3 Å². The molecule has 3 nitrogen and oxygen atoms in total.